The molecule has 0 aliphatic carbocycles. The molecule has 2 N–H and O–H groups in total. The second-order valence-electron chi connectivity index (χ2n) is 4.82. The highest BCUT2D eigenvalue weighted by Crippen LogP contribution is 2.19. The number of hydrogen-bond acceptors (Lipinski definition) is 2. The van der Waals surface area contributed by atoms with Crippen LogP contribution in [0.1, 0.15) is 38.3 Å². The summed E-state index contributed by atoms with van der Waals surface area (Å²) >= 11 is 0. The van der Waals surface area contributed by atoms with Crippen LogP contribution >= 0.6 is 0 Å². The topological polar surface area (TPSA) is 49.3 Å². The maximum Gasteiger partial charge on any atom is 0.220 e. The number of aliphatic hydroxyl groups is 1. The molecule has 1 amide bonds. The van der Waals surface area contributed by atoms with Crippen LogP contribution in [-0.4, -0.2) is 17.6 Å². The van der Waals surface area contributed by atoms with Crippen molar-refractivity contribution in [2.75, 3.05) is 6.61 Å². The Morgan fingerprint density at radius 3 is 2.30 bits per heavy atom. The third-order valence-corrected chi connectivity index (χ3v) is 3.16. The molecule has 0 heterocycles. The molecule has 0 aliphatic rings. The second-order valence-corrected chi connectivity index (χ2v) is 4.82. The summed E-state index contributed by atoms with van der Waals surface area (Å²) < 4.78 is 39.1. The lowest BCUT2D eigenvalue weighted by molar-refractivity contribution is -0.123. The van der Waals surface area contributed by atoms with Crippen molar-refractivity contribution in [3.05, 3.63) is 35.1 Å². The van der Waals surface area contributed by atoms with Crippen LogP contribution < -0.4 is 5.32 Å². The van der Waals surface area contributed by atoms with Crippen molar-refractivity contribution in [1.29, 1.82) is 0 Å². The summed E-state index contributed by atoms with van der Waals surface area (Å²) in [4.78, 5) is 11.7. The van der Waals surface area contributed by atoms with Crippen LogP contribution in [0.3, 0.4) is 0 Å². The lowest BCUT2D eigenvalue weighted by Gasteiger charge is -2.18. The Kier molecular flexibility index (Phi) is 6.01. The van der Waals surface area contributed by atoms with Crippen molar-refractivity contribution in [3.63, 3.8) is 0 Å². The fourth-order valence-electron chi connectivity index (χ4n) is 1.72. The van der Waals surface area contributed by atoms with Gasteiger partial charge in [-0.3, -0.25) is 4.79 Å². The standard InChI is InChI=1S/C14H18F3NO2/c1-3-8(2)4-13(20)18-12(7-19)9-5-10(15)14(17)11(16)6-9/h5-6,8,12,19H,3-4,7H2,1-2H3,(H,18,20)/t8-,12-/m0/s1. The van der Waals surface area contributed by atoms with Crippen LogP contribution in [0.25, 0.3) is 0 Å². The Labute approximate surface area is 115 Å². The second kappa shape index (κ2) is 7.28. The smallest absolute Gasteiger partial charge is 0.220 e. The largest absolute Gasteiger partial charge is 0.394 e. The number of amides is 1. The third-order valence-electron chi connectivity index (χ3n) is 3.16. The van der Waals surface area contributed by atoms with Crippen LogP contribution in [0, 0.1) is 23.4 Å². The van der Waals surface area contributed by atoms with E-state index >= 15 is 0 Å². The van der Waals surface area contributed by atoms with Crippen LogP contribution in [0.15, 0.2) is 12.1 Å². The highest BCUT2D eigenvalue weighted by atomic mass is 19.2. The summed E-state index contributed by atoms with van der Waals surface area (Å²) in [5, 5.41) is 11.7. The van der Waals surface area contributed by atoms with E-state index in [0.29, 0.717) is 0 Å². The number of rotatable bonds is 6. The first-order chi connectivity index (χ1) is 9.38. The molecule has 6 heteroatoms. The zero-order valence-electron chi connectivity index (χ0n) is 11.4. The van der Waals surface area contributed by atoms with E-state index in [1.807, 2.05) is 13.8 Å². The highest BCUT2D eigenvalue weighted by Gasteiger charge is 2.19. The first kappa shape index (κ1) is 16.5. The molecule has 20 heavy (non-hydrogen) atoms. The number of carbonyl (C=O) groups is 1. The van der Waals surface area contributed by atoms with Gasteiger partial charge in [0.2, 0.25) is 5.91 Å². The predicted octanol–water partition coefficient (Wildman–Crippen LogP) is 2.69. The SMILES string of the molecule is CC[C@H](C)CC(=O)N[C@@H](CO)c1cc(F)c(F)c(F)c1. The Hall–Kier alpha value is -1.56. The predicted molar refractivity (Wildman–Crippen MR) is 68.4 cm³/mol. The number of aliphatic hydroxyl groups excluding tert-OH is 1. The van der Waals surface area contributed by atoms with Crippen molar-refractivity contribution in [3.8, 4) is 0 Å². The number of nitrogens with one attached hydrogen (secondary N) is 1. The average molecular weight is 289 g/mol. The molecule has 0 saturated carbocycles. The Bertz CT molecular complexity index is 456. The Morgan fingerprint density at radius 1 is 1.30 bits per heavy atom. The number of benzene rings is 1. The van der Waals surface area contributed by atoms with E-state index in [1.54, 1.807) is 0 Å². The van der Waals surface area contributed by atoms with Gasteiger partial charge < -0.3 is 10.4 Å². The molecule has 0 aliphatic heterocycles. The van der Waals surface area contributed by atoms with Gasteiger partial charge in [-0.15, -0.1) is 0 Å². The maximum absolute atomic E-state index is 13.1. The molecule has 1 aromatic carbocycles. The molecular weight excluding hydrogens is 271 g/mol. The van der Waals surface area contributed by atoms with Crippen molar-refractivity contribution >= 4 is 5.91 Å². The molecule has 0 fully saturated rings. The molecule has 0 radical (unpaired) electrons. The van der Waals surface area contributed by atoms with Crippen molar-refractivity contribution < 1.29 is 23.1 Å². The van der Waals surface area contributed by atoms with E-state index in [9.17, 15) is 23.1 Å². The van der Waals surface area contributed by atoms with E-state index in [2.05, 4.69) is 5.32 Å². The molecule has 0 spiro atoms. The van der Waals surface area contributed by atoms with E-state index in [1.165, 1.54) is 0 Å². The lowest BCUT2D eigenvalue weighted by Crippen LogP contribution is -2.31. The molecule has 2 atom stereocenters. The summed E-state index contributed by atoms with van der Waals surface area (Å²) in [7, 11) is 0. The molecule has 0 aromatic heterocycles. The van der Waals surface area contributed by atoms with E-state index in [-0.39, 0.29) is 23.8 Å². The summed E-state index contributed by atoms with van der Waals surface area (Å²) in [5.41, 5.74) is -0.0126. The zero-order valence-corrected chi connectivity index (χ0v) is 11.4. The minimum absolute atomic E-state index is 0.0126. The third kappa shape index (κ3) is 4.23. The number of halogens is 3. The number of carbonyl (C=O) groups excluding carboxylic acids is 1. The lowest BCUT2D eigenvalue weighted by atomic mass is 10.0. The Morgan fingerprint density at radius 2 is 1.85 bits per heavy atom. The molecule has 0 unspecified atom stereocenters. The molecule has 0 bridgehead atoms. The van der Waals surface area contributed by atoms with Crippen molar-refractivity contribution in [2.45, 2.75) is 32.7 Å². The van der Waals surface area contributed by atoms with Gasteiger partial charge in [-0.1, -0.05) is 20.3 Å². The van der Waals surface area contributed by atoms with Gasteiger partial charge in [-0.2, -0.15) is 0 Å². The molecule has 1 aromatic rings. The van der Waals surface area contributed by atoms with Gasteiger partial charge in [0, 0.05) is 6.42 Å². The minimum atomic E-state index is -1.57. The minimum Gasteiger partial charge on any atom is -0.394 e. The van der Waals surface area contributed by atoms with Gasteiger partial charge in [0.1, 0.15) is 0 Å². The zero-order chi connectivity index (χ0) is 15.3. The monoisotopic (exact) mass is 289 g/mol. The molecule has 3 nitrogen and oxygen atoms in total. The van der Waals surface area contributed by atoms with Gasteiger partial charge in [0.15, 0.2) is 17.5 Å². The van der Waals surface area contributed by atoms with Gasteiger partial charge in [-0.25, -0.2) is 13.2 Å². The summed E-state index contributed by atoms with van der Waals surface area (Å²) in [6.45, 7) is 3.30. The summed E-state index contributed by atoms with van der Waals surface area (Å²) in [5.74, 6) is -4.44. The maximum atomic E-state index is 13.1. The van der Waals surface area contributed by atoms with Gasteiger partial charge in [0.25, 0.3) is 0 Å². The molecular formula is C14H18F3NO2. The van der Waals surface area contributed by atoms with Crippen molar-refractivity contribution in [1.82, 2.24) is 5.32 Å². The Balaban J connectivity index is 2.83. The fraction of sp³-hybridized carbons (Fsp3) is 0.500. The number of hydrogen-bond donors (Lipinski definition) is 2. The summed E-state index contributed by atoms with van der Waals surface area (Å²) in [6, 6.07) is 0.571. The normalized spacial score (nSPS) is 13.9. The van der Waals surface area contributed by atoms with E-state index < -0.39 is 30.1 Å². The molecule has 0 saturated heterocycles. The van der Waals surface area contributed by atoms with Crippen LogP contribution in [0.5, 0.6) is 0 Å². The summed E-state index contributed by atoms with van der Waals surface area (Å²) in [6.07, 6.45) is 1.07. The fourth-order valence-corrected chi connectivity index (χ4v) is 1.72. The van der Waals surface area contributed by atoms with Gasteiger partial charge in [0.05, 0.1) is 12.6 Å². The highest BCUT2D eigenvalue weighted by molar-refractivity contribution is 5.76. The van der Waals surface area contributed by atoms with Crippen LogP contribution in [-0.2, 0) is 4.79 Å². The van der Waals surface area contributed by atoms with Gasteiger partial charge in [-0.05, 0) is 23.6 Å². The quantitative estimate of drug-likeness (QED) is 0.791. The average Bonchev–Trinajstić information content (AvgIpc) is 2.41. The van der Waals surface area contributed by atoms with E-state index in [4.69, 9.17) is 0 Å². The molecule has 112 valence electrons. The first-order valence-electron chi connectivity index (χ1n) is 6.43. The first-order valence-corrected chi connectivity index (χ1v) is 6.43. The van der Waals surface area contributed by atoms with Crippen molar-refractivity contribution in [2.24, 2.45) is 5.92 Å². The van der Waals surface area contributed by atoms with Crippen LogP contribution in [0.2, 0.25) is 0 Å². The molecule has 1 rings (SSSR count). The van der Waals surface area contributed by atoms with Crippen LogP contribution in [0.4, 0.5) is 13.2 Å². The van der Waals surface area contributed by atoms with Gasteiger partial charge >= 0.3 is 0 Å². The van der Waals surface area contributed by atoms with E-state index in [0.717, 1.165) is 18.6 Å².